The molecular formula is C13H29N. The predicted octanol–water partition coefficient (Wildman–Crippen LogP) is 3.98. The Morgan fingerprint density at radius 1 is 0.929 bits per heavy atom. The molecule has 2 unspecified atom stereocenters. The molecule has 0 rings (SSSR count). The van der Waals surface area contributed by atoms with Crippen LogP contribution in [0.5, 0.6) is 0 Å². The van der Waals surface area contributed by atoms with Crippen LogP contribution in [0.3, 0.4) is 0 Å². The summed E-state index contributed by atoms with van der Waals surface area (Å²) in [5.41, 5.74) is 0. The minimum atomic E-state index is 0.738. The molecular weight excluding hydrogens is 170 g/mol. The molecule has 0 bridgehead atoms. The van der Waals surface area contributed by atoms with Gasteiger partial charge in [-0.1, -0.05) is 52.9 Å². The van der Waals surface area contributed by atoms with Gasteiger partial charge in [-0.15, -0.1) is 0 Å². The predicted molar refractivity (Wildman–Crippen MR) is 65.7 cm³/mol. The van der Waals surface area contributed by atoms with Gasteiger partial charge in [-0.25, -0.2) is 0 Å². The van der Waals surface area contributed by atoms with Gasteiger partial charge in [0.15, 0.2) is 0 Å². The third-order valence-electron chi connectivity index (χ3n) is 3.33. The Balaban J connectivity index is 3.65. The lowest BCUT2D eigenvalue weighted by Crippen LogP contribution is -2.32. The van der Waals surface area contributed by atoms with Crippen LogP contribution in [0, 0.1) is 5.92 Å². The van der Waals surface area contributed by atoms with Crippen molar-refractivity contribution in [2.75, 3.05) is 7.05 Å². The maximum atomic E-state index is 3.44. The molecule has 0 aliphatic heterocycles. The molecule has 14 heavy (non-hydrogen) atoms. The first-order chi connectivity index (χ1) is 6.79. The van der Waals surface area contributed by atoms with Crippen LogP contribution in [-0.2, 0) is 0 Å². The summed E-state index contributed by atoms with van der Waals surface area (Å²) in [5.74, 6) is 0.891. The van der Waals surface area contributed by atoms with Crippen LogP contribution in [-0.4, -0.2) is 13.1 Å². The van der Waals surface area contributed by atoms with Gasteiger partial charge >= 0.3 is 0 Å². The number of unbranched alkanes of at least 4 members (excludes halogenated alkanes) is 3. The SMILES string of the molecule is CCCCCCC(CC)C(CC)NC. The average molecular weight is 199 g/mol. The highest BCUT2D eigenvalue weighted by Crippen LogP contribution is 2.19. The first-order valence-corrected chi connectivity index (χ1v) is 6.47. The van der Waals surface area contributed by atoms with E-state index in [2.05, 4.69) is 33.1 Å². The van der Waals surface area contributed by atoms with Gasteiger partial charge in [-0.3, -0.25) is 0 Å². The molecule has 0 aromatic heterocycles. The topological polar surface area (TPSA) is 12.0 Å². The molecule has 86 valence electrons. The molecule has 0 aromatic rings. The van der Waals surface area contributed by atoms with E-state index in [4.69, 9.17) is 0 Å². The molecule has 1 N–H and O–H groups in total. The largest absolute Gasteiger partial charge is 0.317 e. The van der Waals surface area contributed by atoms with Gasteiger partial charge in [0.2, 0.25) is 0 Å². The van der Waals surface area contributed by atoms with E-state index < -0.39 is 0 Å². The molecule has 0 saturated carbocycles. The van der Waals surface area contributed by atoms with Crippen molar-refractivity contribution in [1.82, 2.24) is 5.32 Å². The van der Waals surface area contributed by atoms with Gasteiger partial charge in [-0.05, 0) is 25.8 Å². The smallest absolute Gasteiger partial charge is 0.00895 e. The highest BCUT2D eigenvalue weighted by molar-refractivity contribution is 4.72. The van der Waals surface area contributed by atoms with Crippen molar-refractivity contribution >= 4 is 0 Å². The Hall–Kier alpha value is -0.0400. The second kappa shape index (κ2) is 9.51. The van der Waals surface area contributed by atoms with E-state index in [1.807, 2.05) is 0 Å². The lowest BCUT2D eigenvalue weighted by atomic mass is 9.89. The van der Waals surface area contributed by atoms with Crippen LogP contribution in [0.4, 0.5) is 0 Å². The summed E-state index contributed by atoms with van der Waals surface area (Å²) in [5, 5.41) is 3.44. The fourth-order valence-electron chi connectivity index (χ4n) is 2.30. The number of nitrogens with one attached hydrogen (secondary N) is 1. The zero-order valence-electron chi connectivity index (χ0n) is 10.6. The van der Waals surface area contributed by atoms with E-state index in [0.717, 1.165) is 12.0 Å². The van der Waals surface area contributed by atoms with Crippen molar-refractivity contribution in [3.8, 4) is 0 Å². The van der Waals surface area contributed by atoms with Crippen LogP contribution < -0.4 is 5.32 Å². The normalized spacial score (nSPS) is 15.4. The molecule has 0 aliphatic carbocycles. The monoisotopic (exact) mass is 199 g/mol. The number of hydrogen-bond acceptors (Lipinski definition) is 1. The third-order valence-corrected chi connectivity index (χ3v) is 3.33. The lowest BCUT2D eigenvalue weighted by molar-refractivity contribution is 0.322. The molecule has 0 aromatic carbocycles. The summed E-state index contributed by atoms with van der Waals surface area (Å²) in [6, 6.07) is 0.738. The Kier molecular flexibility index (Phi) is 9.49. The first kappa shape index (κ1) is 14.0. The Morgan fingerprint density at radius 2 is 1.64 bits per heavy atom. The van der Waals surface area contributed by atoms with Crippen LogP contribution in [0.1, 0.15) is 65.7 Å². The Morgan fingerprint density at radius 3 is 2.07 bits per heavy atom. The standard InChI is InChI=1S/C13H29N/c1-5-8-9-10-11-12(6-2)13(7-3)14-4/h12-14H,5-11H2,1-4H3. The molecule has 2 atom stereocenters. The molecule has 0 radical (unpaired) electrons. The van der Waals surface area contributed by atoms with E-state index in [0.29, 0.717) is 0 Å². The van der Waals surface area contributed by atoms with Crippen molar-refractivity contribution in [2.45, 2.75) is 71.8 Å². The zero-order valence-corrected chi connectivity index (χ0v) is 10.6. The minimum Gasteiger partial charge on any atom is -0.317 e. The minimum absolute atomic E-state index is 0.738. The van der Waals surface area contributed by atoms with E-state index in [1.165, 1.54) is 44.9 Å². The maximum absolute atomic E-state index is 3.44. The Bertz CT molecular complexity index is 108. The quantitative estimate of drug-likeness (QED) is 0.554. The van der Waals surface area contributed by atoms with Gasteiger partial charge in [0.1, 0.15) is 0 Å². The summed E-state index contributed by atoms with van der Waals surface area (Å²) >= 11 is 0. The first-order valence-electron chi connectivity index (χ1n) is 6.47. The second-order valence-corrected chi connectivity index (χ2v) is 4.32. The molecule has 0 aliphatic rings. The number of rotatable bonds is 9. The van der Waals surface area contributed by atoms with Crippen LogP contribution in [0.2, 0.25) is 0 Å². The molecule has 0 spiro atoms. The van der Waals surface area contributed by atoms with Gasteiger partial charge in [-0.2, -0.15) is 0 Å². The molecule has 0 heterocycles. The van der Waals surface area contributed by atoms with Crippen molar-refractivity contribution in [2.24, 2.45) is 5.92 Å². The van der Waals surface area contributed by atoms with Crippen LogP contribution in [0.25, 0.3) is 0 Å². The molecule has 1 heteroatoms. The van der Waals surface area contributed by atoms with Gasteiger partial charge < -0.3 is 5.32 Å². The summed E-state index contributed by atoms with van der Waals surface area (Å²) in [7, 11) is 2.10. The van der Waals surface area contributed by atoms with Gasteiger partial charge in [0, 0.05) is 6.04 Å². The van der Waals surface area contributed by atoms with Crippen molar-refractivity contribution in [3.63, 3.8) is 0 Å². The third kappa shape index (κ3) is 5.64. The summed E-state index contributed by atoms with van der Waals surface area (Å²) < 4.78 is 0. The molecule has 0 amide bonds. The van der Waals surface area contributed by atoms with Gasteiger partial charge in [0.05, 0.1) is 0 Å². The summed E-state index contributed by atoms with van der Waals surface area (Å²) in [6.45, 7) is 6.89. The van der Waals surface area contributed by atoms with Crippen molar-refractivity contribution in [1.29, 1.82) is 0 Å². The zero-order chi connectivity index (χ0) is 10.8. The highest BCUT2D eigenvalue weighted by atomic mass is 14.9. The van der Waals surface area contributed by atoms with E-state index >= 15 is 0 Å². The molecule has 0 saturated heterocycles. The summed E-state index contributed by atoms with van der Waals surface area (Å²) in [6.07, 6.45) is 9.61. The highest BCUT2D eigenvalue weighted by Gasteiger charge is 2.15. The average Bonchev–Trinajstić information content (AvgIpc) is 2.23. The lowest BCUT2D eigenvalue weighted by Gasteiger charge is -2.24. The maximum Gasteiger partial charge on any atom is 0.00895 e. The molecule has 0 fully saturated rings. The van der Waals surface area contributed by atoms with Crippen molar-refractivity contribution in [3.05, 3.63) is 0 Å². The van der Waals surface area contributed by atoms with Gasteiger partial charge in [0.25, 0.3) is 0 Å². The summed E-state index contributed by atoms with van der Waals surface area (Å²) in [4.78, 5) is 0. The molecule has 1 nitrogen and oxygen atoms in total. The fourth-order valence-corrected chi connectivity index (χ4v) is 2.30. The van der Waals surface area contributed by atoms with Crippen LogP contribution in [0.15, 0.2) is 0 Å². The van der Waals surface area contributed by atoms with Crippen molar-refractivity contribution < 1.29 is 0 Å². The Labute approximate surface area is 90.7 Å². The number of hydrogen-bond donors (Lipinski definition) is 1. The second-order valence-electron chi connectivity index (χ2n) is 4.32. The fraction of sp³-hybridized carbons (Fsp3) is 1.00. The van der Waals surface area contributed by atoms with Crippen LogP contribution >= 0.6 is 0 Å². The van der Waals surface area contributed by atoms with E-state index in [9.17, 15) is 0 Å². The van der Waals surface area contributed by atoms with E-state index in [1.54, 1.807) is 0 Å². The van der Waals surface area contributed by atoms with E-state index in [-0.39, 0.29) is 0 Å².